The van der Waals surface area contributed by atoms with E-state index in [-0.39, 0.29) is 6.42 Å². The fourth-order valence-electron chi connectivity index (χ4n) is 0.625. The summed E-state index contributed by atoms with van der Waals surface area (Å²) >= 11 is 0. The van der Waals surface area contributed by atoms with E-state index in [4.69, 9.17) is 15.9 Å². The molecule has 0 bridgehead atoms. The van der Waals surface area contributed by atoms with Crippen LogP contribution < -0.4 is 5.73 Å². The highest BCUT2D eigenvalue weighted by atomic mass is 16.4. The van der Waals surface area contributed by atoms with Gasteiger partial charge in [0.2, 0.25) is 0 Å². The molecule has 0 rings (SSSR count). The second-order valence-electron chi connectivity index (χ2n) is 2.38. The largest absolute Gasteiger partial charge is 0.480 e. The van der Waals surface area contributed by atoms with Crippen LogP contribution in [0.1, 0.15) is 20.3 Å². The maximum Gasteiger partial charge on any atom is 0.326 e. The number of carboxylic acid groups (broad SMARTS) is 1. The molecule has 0 aliphatic carbocycles. The summed E-state index contributed by atoms with van der Waals surface area (Å²) in [5.41, 5.74) is 3.85. The topological polar surface area (TPSA) is 83.6 Å². The molecule has 1 unspecified atom stereocenters. The fourth-order valence-corrected chi connectivity index (χ4v) is 0.625. The zero-order chi connectivity index (χ0) is 8.36. The molecule has 0 heterocycles. The first-order chi connectivity index (χ1) is 4.45. The van der Waals surface area contributed by atoms with Crippen LogP contribution in [0.25, 0.3) is 0 Å². The lowest BCUT2D eigenvalue weighted by Gasteiger charge is -2.25. The molecule has 0 aromatic heterocycles. The molecule has 4 nitrogen and oxygen atoms in total. The van der Waals surface area contributed by atoms with E-state index in [9.17, 15) is 4.79 Å². The Hall–Kier alpha value is -0.610. The summed E-state index contributed by atoms with van der Waals surface area (Å²) < 4.78 is 0. The van der Waals surface area contributed by atoms with Gasteiger partial charge in [-0.05, 0) is 13.3 Å². The van der Waals surface area contributed by atoms with Gasteiger partial charge in [0, 0.05) is 0 Å². The first kappa shape index (κ1) is 9.39. The Morgan fingerprint density at radius 1 is 1.80 bits per heavy atom. The van der Waals surface area contributed by atoms with Gasteiger partial charge in [0.25, 0.3) is 0 Å². The smallest absolute Gasteiger partial charge is 0.326 e. The quantitative estimate of drug-likeness (QED) is 0.505. The zero-order valence-corrected chi connectivity index (χ0v) is 6.16. The fraction of sp³-hybridized carbons (Fsp3) is 0.833. The van der Waals surface area contributed by atoms with Crippen LogP contribution in [0.3, 0.4) is 0 Å². The van der Waals surface area contributed by atoms with E-state index in [0.717, 1.165) is 0 Å². The number of rotatable bonds is 3. The van der Waals surface area contributed by atoms with Crippen molar-refractivity contribution in [1.29, 1.82) is 0 Å². The highest BCUT2D eigenvalue weighted by molar-refractivity contribution is 5.79. The minimum absolute atomic E-state index is 0.222. The van der Waals surface area contributed by atoms with Crippen molar-refractivity contribution in [2.45, 2.75) is 31.9 Å². The number of aliphatic carboxylic acids is 1. The van der Waals surface area contributed by atoms with E-state index in [2.05, 4.69) is 0 Å². The van der Waals surface area contributed by atoms with Gasteiger partial charge in [0.1, 0.15) is 5.54 Å². The molecule has 60 valence electrons. The molecule has 0 aliphatic rings. The third-order valence-corrected chi connectivity index (χ3v) is 1.73. The Morgan fingerprint density at radius 2 is 2.20 bits per heavy atom. The van der Waals surface area contributed by atoms with Crippen LogP contribution in [-0.4, -0.2) is 27.8 Å². The maximum absolute atomic E-state index is 10.4. The molecular formula is C6H13NO3. The summed E-state index contributed by atoms with van der Waals surface area (Å²) in [6.07, 6.45) is -0.796. The first-order valence-electron chi connectivity index (χ1n) is 3.15. The van der Waals surface area contributed by atoms with Crippen molar-refractivity contribution in [3.05, 3.63) is 0 Å². The van der Waals surface area contributed by atoms with Crippen molar-refractivity contribution in [2.24, 2.45) is 5.73 Å². The van der Waals surface area contributed by atoms with Crippen LogP contribution in [0.5, 0.6) is 0 Å². The monoisotopic (exact) mass is 147 g/mol. The van der Waals surface area contributed by atoms with E-state index >= 15 is 0 Å². The lowest BCUT2D eigenvalue weighted by Crippen LogP contribution is -2.55. The molecule has 4 N–H and O–H groups in total. The van der Waals surface area contributed by atoms with Gasteiger partial charge in [-0.25, -0.2) is 0 Å². The van der Waals surface area contributed by atoms with Gasteiger partial charge in [0.05, 0.1) is 6.10 Å². The van der Waals surface area contributed by atoms with Crippen molar-refractivity contribution in [1.82, 2.24) is 0 Å². The van der Waals surface area contributed by atoms with Gasteiger partial charge in [0.15, 0.2) is 0 Å². The Bertz CT molecular complexity index is 135. The summed E-state index contributed by atoms with van der Waals surface area (Å²) in [7, 11) is 0. The highest BCUT2D eigenvalue weighted by Crippen LogP contribution is 2.11. The molecule has 0 aromatic rings. The summed E-state index contributed by atoms with van der Waals surface area (Å²) in [5.74, 6) is -1.16. The van der Waals surface area contributed by atoms with Crippen LogP contribution >= 0.6 is 0 Å². The van der Waals surface area contributed by atoms with Crippen molar-refractivity contribution in [3.63, 3.8) is 0 Å². The third kappa shape index (κ3) is 1.46. The number of hydrogen-bond donors (Lipinski definition) is 3. The summed E-state index contributed by atoms with van der Waals surface area (Å²) in [6, 6.07) is 0. The molecule has 0 saturated carbocycles. The molecule has 0 amide bonds. The van der Waals surface area contributed by atoms with Crippen molar-refractivity contribution in [3.8, 4) is 0 Å². The number of nitrogens with two attached hydrogens (primary N) is 1. The van der Waals surface area contributed by atoms with Gasteiger partial charge in [-0.3, -0.25) is 4.79 Å². The van der Waals surface area contributed by atoms with E-state index in [1.54, 1.807) is 6.92 Å². The molecule has 2 atom stereocenters. The zero-order valence-electron chi connectivity index (χ0n) is 6.16. The summed E-state index contributed by atoms with van der Waals surface area (Å²) in [4.78, 5) is 10.4. The number of carboxylic acids is 1. The van der Waals surface area contributed by atoms with E-state index in [1.807, 2.05) is 0 Å². The average molecular weight is 147 g/mol. The summed E-state index contributed by atoms with van der Waals surface area (Å²) in [6.45, 7) is 3.00. The first-order valence-corrected chi connectivity index (χ1v) is 3.15. The maximum atomic E-state index is 10.4. The second-order valence-corrected chi connectivity index (χ2v) is 2.38. The Kier molecular flexibility index (Phi) is 2.80. The molecule has 0 aliphatic heterocycles. The standard InChI is InChI=1S/C6H13NO3/c1-3-6(7,4(2)8)5(9)10/h4,8H,3,7H2,1-2H3,(H,9,10)/t4?,6-/m1/s1. The molecule has 4 heteroatoms. The SMILES string of the molecule is CC[C@](N)(C(=O)O)C(C)O. The molecule has 0 saturated heterocycles. The number of hydrogen-bond acceptors (Lipinski definition) is 3. The predicted molar refractivity (Wildman–Crippen MR) is 36.5 cm³/mol. The number of aliphatic hydroxyl groups excluding tert-OH is 1. The van der Waals surface area contributed by atoms with Gasteiger partial charge >= 0.3 is 5.97 Å². The van der Waals surface area contributed by atoms with Crippen molar-refractivity contribution in [2.75, 3.05) is 0 Å². The molecule has 10 heavy (non-hydrogen) atoms. The van der Waals surface area contributed by atoms with Gasteiger partial charge in [-0.2, -0.15) is 0 Å². The highest BCUT2D eigenvalue weighted by Gasteiger charge is 2.36. The third-order valence-electron chi connectivity index (χ3n) is 1.73. The van der Waals surface area contributed by atoms with E-state index < -0.39 is 17.6 Å². The molecule has 0 radical (unpaired) electrons. The molecular weight excluding hydrogens is 134 g/mol. The van der Waals surface area contributed by atoms with Gasteiger partial charge in [-0.15, -0.1) is 0 Å². The van der Waals surface area contributed by atoms with Gasteiger partial charge in [-0.1, -0.05) is 6.92 Å². The van der Waals surface area contributed by atoms with Crippen LogP contribution in [-0.2, 0) is 4.79 Å². The molecule has 0 spiro atoms. The second kappa shape index (κ2) is 2.98. The van der Waals surface area contributed by atoms with Crippen molar-refractivity contribution >= 4 is 5.97 Å². The number of aliphatic hydroxyl groups is 1. The minimum Gasteiger partial charge on any atom is -0.480 e. The Labute approximate surface area is 59.7 Å². The summed E-state index contributed by atoms with van der Waals surface area (Å²) in [5, 5.41) is 17.5. The van der Waals surface area contributed by atoms with Crippen molar-refractivity contribution < 1.29 is 15.0 Å². The molecule has 0 aromatic carbocycles. The van der Waals surface area contributed by atoms with Crippen LogP contribution in [0, 0.1) is 0 Å². The van der Waals surface area contributed by atoms with E-state index in [0.29, 0.717) is 0 Å². The lowest BCUT2D eigenvalue weighted by atomic mass is 9.92. The molecule has 0 fully saturated rings. The lowest BCUT2D eigenvalue weighted by molar-refractivity contribution is -0.147. The van der Waals surface area contributed by atoms with Gasteiger partial charge < -0.3 is 15.9 Å². The Morgan fingerprint density at radius 3 is 2.20 bits per heavy atom. The van der Waals surface area contributed by atoms with Crippen LogP contribution in [0.2, 0.25) is 0 Å². The normalized spacial score (nSPS) is 19.6. The average Bonchev–Trinajstić information content (AvgIpc) is 1.85. The van der Waals surface area contributed by atoms with E-state index in [1.165, 1.54) is 6.92 Å². The van der Waals surface area contributed by atoms with Crippen LogP contribution in [0.4, 0.5) is 0 Å². The minimum atomic E-state index is -1.49. The van der Waals surface area contributed by atoms with Crippen LogP contribution in [0.15, 0.2) is 0 Å². The number of carbonyl (C=O) groups is 1. The predicted octanol–water partition coefficient (Wildman–Crippen LogP) is -0.441. The Balaban J connectivity index is 4.38.